The molecule has 134 valence electrons. The van der Waals surface area contributed by atoms with E-state index in [2.05, 4.69) is 9.88 Å². The predicted octanol–water partition coefficient (Wildman–Crippen LogP) is 2.14. The van der Waals surface area contributed by atoms with Gasteiger partial charge in [-0.25, -0.2) is 0 Å². The quantitative estimate of drug-likeness (QED) is 0.793. The molecule has 1 unspecified atom stereocenters. The van der Waals surface area contributed by atoms with Gasteiger partial charge in [-0.2, -0.15) is 13.2 Å². The lowest BCUT2D eigenvalue weighted by Crippen LogP contribution is -2.33. The molecule has 0 aliphatic carbocycles. The van der Waals surface area contributed by atoms with Crippen molar-refractivity contribution in [2.45, 2.75) is 12.6 Å². The Kier molecular flexibility index (Phi) is 6.17. The molecule has 1 aromatic rings. The summed E-state index contributed by atoms with van der Waals surface area (Å²) >= 11 is 0. The van der Waals surface area contributed by atoms with Crippen molar-refractivity contribution in [1.29, 1.82) is 0 Å². The molecule has 5 nitrogen and oxygen atoms in total. The molecule has 1 amide bonds. The third-order valence-corrected chi connectivity index (χ3v) is 4.16. The highest BCUT2D eigenvalue weighted by Gasteiger charge is 2.32. The minimum Gasteiger partial charge on any atom is -0.383 e. The van der Waals surface area contributed by atoms with Crippen LogP contribution in [0.3, 0.4) is 0 Å². The number of nitrogens with zero attached hydrogens (tertiary/aromatic N) is 3. The van der Waals surface area contributed by atoms with Gasteiger partial charge in [0.05, 0.1) is 12.2 Å². The molecule has 2 heterocycles. The van der Waals surface area contributed by atoms with Crippen molar-refractivity contribution in [3.63, 3.8) is 0 Å². The van der Waals surface area contributed by atoms with Gasteiger partial charge in [-0.05, 0) is 31.0 Å². The summed E-state index contributed by atoms with van der Waals surface area (Å²) in [4.78, 5) is 19.5. The number of rotatable bonds is 6. The van der Waals surface area contributed by atoms with Crippen LogP contribution in [0, 0.1) is 5.92 Å². The molecule has 2 rings (SSSR count). The van der Waals surface area contributed by atoms with Gasteiger partial charge in [0, 0.05) is 40.0 Å². The Morgan fingerprint density at radius 3 is 2.79 bits per heavy atom. The number of pyridine rings is 1. The molecular formula is C16H22F3N3O2. The van der Waals surface area contributed by atoms with E-state index in [0.717, 1.165) is 38.3 Å². The molecule has 24 heavy (non-hydrogen) atoms. The highest BCUT2D eigenvalue weighted by Crippen LogP contribution is 2.27. The van der Waals surface area contributed by atoms with Gasteiger partial charge in [0.2, 0.25) is 0 Å². The summed E-state index contributed by atoms with van der Waals surface area (Å²) in [6.45, 7) is 3.99. The number of amides is 1. The average Bonchev–Trinajstić information content (AvgIpc) is 2.98. The Labute approximate surface area is 139 Å². The van der Waals surface area contributed by atoms with Crippen molar-refractivity contribution >= 4 is 5.91 Å². The van der Waals surface area contributed by atoms with Crippen molar-refractivity contribution < 1.29 is 22.7 Å². The monoisotopic (exact) mass is 345 g/mol. The van der Waals surface area contributed by atoms with E-state index < -0.39 is 11.9 Å². The van der Waals surface area contributed by atoms with E-state index in [1.54, 1.807) is 19.1 Å². The van der Waals surface area contributed by atoms with Crippen LogP contribution in [-0.4, -0.2) is 67.6 Å². The minimum absolute atomic E-state index is 0.166. The highest BCUT2D eigenvalue weighted by atomic mass is 19.4. The van der Waals surface area contributed by atoms with E-state index in [-0.39, 0.29) is 11.5 Å². The smallest absolute Gasteiger partial charge is 0.383 e. The second-order valence-corrected chi connectivity index (χ2v) is 6.06. The maximum atomic E-state index is 12.5. The Hall–Kier alpha value is -1.67. The number of aromatic nitrogens is 1. The number of methoxy groups -OCH3 is 1. The molecule has 1 aromatic heterocycles. The number of hydrogen-bond acceptors (Lipinski definition) is 4. The van der Waals surface area contributed by atoms with Crippen molar-refractivity contribution in [3.05, 3.63) is 29.6 Å². The number of alkyl halides is 3. The fourth-order valence-corrected chi connectivity index (χ4v) is 2.86. The van der Waals surface area contributed by atoms with E-state index in [0.29, 0.717) is 19.1 Å². The van der Waals surface area contributed by atoms with Crippen LogP contribution >= 0.6 is 0 Å². The van der Waals surface area contributed by atoms with Crippen molar-refractivity contribution in [2.75, 3.05) is 46.9 Å². The fraction of sp³-hybridized carbons (Fsp3) is 0.625. The Morgan fingerprint density at radius 2 is 2.21 bits per heavy atom. The van der Waals surface area contributed by atoms with Crippen molar-refractivity contribution in [3.8, 4) is 0 Å². The van der Waals surface area contributed by atoms with Crippen LogP contribution in [0.15, 0.2) is 18.3 Å². The normalized spacial score (nSPS) is 18.8. The Bertz CT molecular complexity index is 548. The SMILES string of the molecule is COCCN1CCC(CN(C)C(=O)c2ccc(C(F)(F)F)nc2)C1. The first-order valence-electron chi connectivity index (χ1n) is 7.81. The zero-order chi connectivity index (χ0) is 17.7. The van der Waals surface area contributed by atoms with Gasteiger partial charge >= 0.3 is 6.18 Å². The summed E-state index contributed by atoms with van der Waals surface area (Å²) in [5, 5.41) is 0. The summed E-state index contributed by atoms with van der Waals surface area (Å²) in [6, 6.07) is 2.01. The second-order valence-electron chi connectivity index (χ2n) is 6.06. The molecule has 1 fully saturated rings. The molecule has 0 aromatic carbocycles. The molecule has 1 saturated heterocycles. The van der Waals surface area contributed by atoms with Gasteiger partial charge in [0.1, 0.15) is 5.69 Å². The van der Waals surface area contributed by atoms with Gasteiger partial charge in [0.25, 0.3) is 5.91 Å². The van der Waals surface area contributed by atoms with E-state index in [1.165, 1.54) is 6.07 Å². The van der Waals surface area contributed by atoms with Crippen LogP contribution in [0.2, 0.25) is 0 Å². The minimum atomic E-state index is -4.50. The van der Waals surface area contributed by atoms with Gasteiger partial charge < -0.3 is 14.5 Å². The van der Waals surface area contributed by atoms with E-state index in [4.69, 9.17) is 4.74 Å². The summed E-state index contributed by atoms with van der Waals surface area (Å²) < 4.78 is 42.6. The average molecular weight is 345 g/mol. The van der Waals surface area contributed by atoms with Gasteiger partial charge in [0.15, 0.2) is 0 Å². The molecular weight excluding hydrogens is 323 g/mol. The lowest BCUT2D eigenvalue weighted by Gasteiger charge is -2.22. The Balaban J connectivity index is 1.88. The highest BCUT2D eigenvalue weighted by molar-refractivity contribution is 5.93. The largest absolute Gasteiger partial charge is 0.433 e. The molecule has 0 spiro atoms. The molecule has 1 atom stereocenters. The lowest BCUT2D eigenvalue weighted by atomic mass is 10.1. The van der Waals surface area contributed by atoms with E-state index >= 15 is 0 Å². The van der Waals surface area contributed by atoms with Crippen LogP contribution < -0.4 is 0 Å². The number of likely N-dealkylation sites (tertiary alicyclic amines) is 1. The third kappa shape index (κ3) is 4.91. The molecule has 1 aliphatic heterocycles. The molecule has 0 radical (unpaired) electrons. The summed E-state index contributed by atoms with van der Waals surface area (Å²) in [6.07, 6.45) is -2.52. The fourth-order valence-electron chi connectivity index (χ4n) is 2.86. The zero-order valence-corrected chi connectivity index (χ0v) is 13.8. The summed E-state index contributed by atoms with van der Waals surface area (Å²) in [7, 11) is 3.33. The topological polar surface area (TPSA) is 45.7 Å². The number of carbonyl (C=O) groups is 1. The number of hydrogen-bond donors (Lipinski definition) is 0. The predicted molar refractivity (Wildman–Crippen MR) is 82.6 cm³/mol. The second kappa shape index (κ2) is 7.94. The maximum Gasteiger partial charge on any atom is 0.433 e. The third-order valence-electron chi connectivity index (χ3n) is 4.16. The summed E-state index contributed by atoms with van der Waals surface area (Å²) in [5.74, 6) is 0.0461. The van der Waals surface area contributed by atoms with Crippen LogP contribution in [0.4, 0.5) is 13.2 Å². The number of halogens is 3. The zero-order valence-electron chi connectivity index (χ0n) is 13.8. The standard InChI is InChI=1S/C16H22F3N3O2/c1-21(10-12-5-6-22(11-12)7-8-24-2)15(23)13-3-4-14(20-9-13)16(17,18)19/h3-4,9,12H,5-8,10-11H2,1-2H3. The first kappa shape index (κ1) is 18.7. The Morgan fingerprint density at radius 1 is 1.46 bits per heavy atom. The van der Waals surface area contributed by atoms with Crippen LogP contribution in [-0.2, 0) is 10.9 Å². The van der Waals surface area contributed by atoms with Crippen LogP contribution in [0.25, 0.3) is 0 Å². The van der Waals surface area contributed by atoms with Gasteiger partial charge in [-0.3, -0.25) is 9.78 Å². The molecule has 1 aliphatic rings. The van der Waals surface area contributed by atoms with Crippen LogP contribution in [0.5, 0.6) is 0 Å². The molecule has 0 bridgehead atoms. The lowest BCUT2D eigenvalue weighted by molar-refractivity contribution is -0.141. The van der Waals surface area contributed by atoms with Crippen LogP contribution in [0.1, 0.15) is 22.5 Å². The molecule has 0 N–H and O–H groups in total. The number of ether oxygens (including phenoxy) is 1. The molecule has 8 heteroatoms. The maximum absolute atomic E-state index is 12.5. The molecule has 0 saturated carbocycles. The first-order chi connectivity index (χ1) is 11.3. The van der Waals surface area contributed by atoms with Gasteiger partial charge in [-0.15, -0.1) is 0 Å². The van der Waals surface area contributed by atoms with Crippen molar-refractivity contribution in [2.24, 2.45) is 5.92 Å². The van der Waals surface area contributed by atoms with Crippen molar-refractivity contribution in [1.82, 2.24) is 14.8 Å². The van der Waals surface area contributed by atoms with E-state index in [1.807, 2.05) is 0 Å². The number of carbonyl (C=O) groups excluding carboxylic acids is 1. The first-order valence-corrected chi connectivity index (χ1v) is 7.81. The van der Waals surface area contributed by atoms with Gasteiger partial charge in [-0.1, -0.05) is 0 Å². The summed E-state index contributed by atoms with van der Waals surface area (Å²) in [5.41, 5.74) is -0.828. The van der Waals surface area contributed by atoms with E-state index in [9.17, 15) is 18.0 Å².